The van der Waals surface area contributed by atoms with E-state index in [-0.39, 0.29) is 0 Å². The molecule has 4 nitrogen and oxygen atoms in total. The Balaban J connectivity index is 2.60. The maximum Gasteiger partial charge on any atom is 0.203 e. The van der Waals surface area contributed by atoms with Gasteiger partial charge in [-0.3, -0.25) is 0 Å². The fourth-order valence-electron chi connectivity index (χ4n) is 3.28. The standard InChI is InChI=1S/C17H27NO3/c1-6-18-14-9-11(2)7-8-12-13(14)10-15(19-3)17(21-5)16(12)20-4/h10-11,14,18H,6-9H2,1-5H3. The summed E-state index contributed by atoms with van der Waals surface area (Å²) in [5.74, 6) is 2.95. The van der Waals surface area contributed by atoms with Crippen molar-refractivity contribution < 1.29 is 14.2 Å². The van der Waals surface area contributed by atoms with E-state index >= 15 is 0 Å². The van der Waals surface area contributed by atoms with Gasteiger partial charge in [-0.1, -0.05) is 13.8 Å². The minimum absolute atomic E-state index is 0.344. The Labute approximate surface area is 127 Å². The lowest BCUT2D eigenvalue weighted by Crippen LogP contribution is -2.22. The Hall–Kier alpha value is -1.42. The first kappa shape index (κ1) is 16.0. The van der Waals surface area contributed by atoms with Gasteiger partial charge in [0.15, 0.2) is 11.5 Å². The largest absolute Gasteiger partial charge is 0.493 e. The summed E-state index contributed by atoms with van der Waals surface area (Å²) in [6.45, 7) is 5.41. The minimum Gasteiger partial charge on any atom is -0.493 e. The summed E-state index contributed by atoms with van der Waals surface area (Å²) < 4.78 is 16.7. The quantitative estimate of drug-likeness (QED) is 0.845. The molecule has 2 atom stereocenters. The summed E-state index contributed by atoms with van der Waals surface area (Å²) in [5, 5.41) is 3.60. The Morgan fingerprint density at radius 2 is 1.86 bits per heavy atom. The van der Waals surface area contributed by atoms with Crippen LogP contribution in [-0.2, 0) is 6.42 Å². The third-order valence-electron chi connectivity index (χ3n) is 4.32. The average Bonchev–Trinajstić information content (AvgIpc) is 2.65. The molecule has 0 saturated carbocycles. The van der Waals surface area contributed by atoms with Crippen LogP contribution in [0.3, 0.4) is 0 Å². The van der Waals surface area contributed by atoms with Crippen LogP contribution in [0.1, 0.15) is 43.9 Å². The van der Waals surface area contributed by atoms with Gasteiger partial charge in [0, 0.05) is 11.6 Å². The molecule has 0 radical (unpaired) electrons. The summed E-state index contributed by atoms with van der Waals surface area (Å²) in [7, 11) is 5.04. The lowest BCUT2D eigenvalue weighted by atomic mass is 9.96. The van der Waals surface area contributed by atoms with Crippen molar-refractivity contribution in [3.05, 3.63) is 17.2 Å². The van der Waals surface area contributed by atoms with Crippen LogP contribution in [0.4, 0.5) is 0 Å². The van der Waals surface area contributed by atoms with Crippen molar-refractivity contribution in [1.82, 2.24) is 5.32 Å². The zero-order valence-electron chi connectivity index (χ0n) is 13.8. The molecular formula is C17H27NO3. The molecule has 1 aromatic rings. The molecule has 118 valence electrons. The second-order valence-corrected chi connectivity index (χ2v) is 5.70. The van der Waals surface area contributed by atoms with Gasteiger partial charge in [0.25, 0.3) is 0 Å². The number of ether oxygens (including phenoxy) is 3. The molecule has 0 fully saturated rings. The summed E-state index contributed by atoms with van der Waals surface area (Å²) >= 11 is 0. The predicted octanol–water partition coefficient (Wildman–Crippen LogP) is 3.34. The molecule has 4 heteroatoms. The fourth-order valence-corrected chi connectivity index (χ4v) is 3.28. The SMILES string of the molecule is CCNC1CC(C)CCc2c1cc(OC)c(OC)c2OC. The molecule has 21 heavy (non-hydrogen) atoms. The smallest absolute Gasteiger partial charge is 0.203 e. The number of rotatable bonds is 5. The molecule has 0 saturated heterocycles. The van der Waals surface area contributed by atoms with Crippen molar-refractivity contribution in [1.29, 1.82) is 0 Å². The van der Waals surface area contributed by atoms with Crippen LogP contribution in [0.25, 0.3) is 0 Å². The molecule has 1 aliphatic carbocycles. The lowest BCUT2D eigenvalue weighted by Gasteiger charge is -2.23. The van der Waals surface area contributed by atoms with Gasteiger partial charge in [0.2, 0.25) is 5.75 Å². The molecule has 1 N–H and O–H groups in total. The van der Waals surface area contributed by atoms with Crippen LogP contribution in [0.5, 0.6) is 17.2 Å². The molecular weight excluding hydrogens is 266 g/mol. The third-order valence-corrected chi connectivity index (χ3v) is 4.32. The van der Waals surface area contributed by atoms with Crippen LogP contribution in [0.15, 0.2) is 6.07 Å². The molecule has 0 bridgehead atoms. The first-order valence-corrected chi connectivity index (χ1v) is 7.71. The number of methoxy groups -OCH3 is 3. The summed E-state index contributed by atoms with van der Waals surface area (Å²) in [6, 6.07) is 2.46. The van der Waals surface area contributed by atoms with Crippen molar-refractivity contribution in [3.8, 4) is 17.2 Å². The normalized spacial score (nSPS) is 21.4. The Bertz CT molecular complexity index is 487. The zero-order valence-corrected chi connectivity index (χ0v) is 13.8. The van der Waals surface area contributed by atoms with Crippen molar-refractivity contribution >= 4 is 0 Å². The molecule has 0 heterocycles. The van der Waals surface area contributed by atoms with Crippen molar-refractivity contribution in [2.45, 2.75) is 39.2 Å². The Kier molecular flexibility index (Phi) is 5.34. The number of fused-ring (bicyclic) bond motifs is 1. The number of benzene rings is 1. The van der Waals surface area contributed by atoms with Crippen molar-refractivity contribution in [2.75, 3.05) is 27.9 Å². The van der Waals surface area contributed by atoms with E-state index in [1.54, 1.807) is 21.3 Å². The van der Waals surface area contributed by atoms with Gasteiger partial charge >= 0.3 is 0 Å². The van der Waals surface area contributed by atoms with Crippen LogP contribution < -0.4 is 19.5 Å². The van der Waals surface area contributed by atoms with Crippen LogP contribution in [0.2, 0.25) is 0 Å². The van der Waals surface area contributed by atoms with E-state index in [9.17, 15) is 0 Å². The van der Waals surface area contributed by atoms with E-state index in [1.807, 2.05) is 0 Å². The number of hydrogen-bond donors (Lipinski definition) is 1. The van der Waals surface area contributed by atoms with Gasteiger partial charge < -0.3 is 19.5 Å². The molecule has 1 aromatic carbocycles. The molecule has 2 rings (SSSR count). The summed E-state index contributed by atoms with van der Waals surface area (Å²) in [5.41, 5.74) is 2.54. The monoisotopic (exact) mass is 293 g/mol. The Morgan fingerprint density at radius 3 is 2.43 bits per heavy atom. The first-order valence-electron chi connectivity index (χ1n) is 7.71. The van der Waals surface area contributed by atoms with E-state index in [0.717, 1.165) is 30.9 Å². The molecule has 1 aliphatic rings. The zero-order chi connectivity index (χ0) is 15.4. The van der Waals surface area contributed by atoms with E-state index in [2.05, 4.69) is 25.2 Å². The van der Waals surface area contributed by atoms with Crippen LogP contribution in [0, 0.1) is 5.92 Å². The maximum absolute atomic E-state index is 5.66. The highest BCUT2D eigenvalue weighted by Gasteiger charge is 2.28. The lowest BCUT2D eigenvalue weighted by molar-refractivity contribution is 0.321. The average molecular weight is 293 g/mol. The van der Waals surface area contributed by atoms with E-state index in [1.165, 1.54) is 17.5 Å². The van der Waals surface area contributed by atoms with E-state index in [0.29, 0.717) is 17.7 Å². The summed E-state index contributed by atoms with van der Waals surface area (Å²) in [4.78, 5) is 0. The molecule has 0 aromatic heterocycles. The first-order chi connectivity index (χ1) is 10.2. The van der Waals surface area contributed by atoms with Gasteiger partial charge in [-0.25, -0.2) is 0 Å². The van der Waals surface area contributed by atoms with Crippen LogP contribution in [-0.4, -0.2) is 27.9 Å². The van der Waals surface area contributed by atoms with Gasteiger partial charge in [-0.05, 0) is 43.4 Å². The summed E-state index contributed by atoms with van der Waals surface area (Å²) in [6.07, 6.45) is 3.32. The van der Waals surface area contributed by atoms with E-state index in [4.69, 9.17) is 14.2 Å². The fraction of sp³-hybridized carbons (Fsp3) is 0.647. The highest BCUT2D eigenvalue weighted by molar-refractivity contribution is 5.60. The second kappa shape index (κ2) is 7.03. The number of nitrogens with one attached hydrogen (secondary N) is 1. The molecule has 0 spiro atoms. The van der Waals surface area contributed by atoms with Gasteiger partial charge in [0.05, 0.1) is 21.3 Å². The van der Waals surface area contributed by atoms with Gasteiger partial charge in [-0.15, -0.1) is 0 Å². The molecule has 2 unspecified atom stereocenters. The van der Waals surface area contributed by atoms with Crippen LogP contribution >= 0.6 is 0 Å². The van der Waals surface area contributed by atoms with Crippen molar-refractivity contribution in [3.63, 3.8) is 0 Å². The molecule has 0 amide bonds. The molecule has 0 aliphatic heterocycles. The Morgan fingerprint density at radius 1 is 1.14 bits per heavy atom. The van der Waals surface area contributed by atoms with E-state index < -0.39 is 0 Å². The van der Waals surface area contributed by atoms with Gasteiger partial charge in [0.1, 0.15) is 0 Å². The minimum atomic E-state index is 0.344. The number of hydrogen-bond acceptors (Lipinski definition) is 4. The van der Waals surface area contributed by atoms with Crippen molar-refractivity contribution in [2.24, 2.45) is 5.92 Å². The maximum atomic E-state index is 5.66. The topological polar surface area (TPSA) is 39.7 Å². The second-order valence-electron chi connectivity index (χ2n) is 5.70. The highest BCUT2D eigenvalue weighted by Crippen LogP contribution is 2.46. The third kappa shape index (κ3) is 3.10. The predicted molar refractivity (Wildman–Crippen MR) is 84.6 cm³/mol. The highest BCUT2D eigenvalue weighted by atomic mass is 16.5. The van der Waals surface area contributed by atoms with Gasteiger partial charge in [-0.2, -0.15) is 0 Å².